The van der Waals surface area contributed by atoms with Gasteiger partial charge in [-0.15, -0.1) is 0 Å². The first-order chi connectivity index (χ1) is 9.04. The van der Waals surface area contributed by atoms with E-state index in [2.05, 4.69) is 0 Å². The zero-order valence-corrected chi connectivity index (χ0v) is 11.3. The maximum Gasteiger partial charge on any atom is 0.198 e. The van der Waals surface area contributed by atoms with E-state index in [0.717, 1.165) is 5.56 Å². The van der Waals surface area contributed by atoms with Gasteiger partial charge in [0.1, 0.15) is 11.6 Å². The first-order valence-corrected chi connectivity index (χ1v) is 6.05. The lowest BCUT2D eigenvalue weighted by Crippen LogP contribution is -2.06. The first-order valence-electron chi connectivity index (χ1n) is 5.68. The summed E-state index contributed by atoms with van der Waals surface area (Å²) in [7, 11) is 1.48. The summed E-state index contributed by atoms with van der Waals surface area (Å²) >= 11 is 5.84. The Morgan fingerprint density at radius 1 is 1.21 bits per heavy atom. The molecule has 2 aromatic carbocycles. The lowest BCUT2D eigenvalue weighted by atomic mass is 10.0. The fraction of sp³-hybridized carbons (Fsp3) is 0.133. The SMILES string of the molecule is COc1ccc(C)cc1C(=O)c1cccc(F)c1Cl. The number of halogens is 2. The summed E-state index contributed by atoms with van der Waals surface area (Å²) in [5, 5.41) is -0.170. The Bertz CT molecular complexity index is 638. The Balaban J connectivity index is 2.56. The van der Waals surface area contributed by atoms with Crippen LogP contribution in [0, 0.1) is 12.7 Å². The Morgan fingerprint density at radius 2 is 1.95 bits per heavy atom. The number of carbonyl (C=O) groups excluding carboxylic acids is 1. The topological polar surface area (TPSA) is 26.3 Å². The normalized spacial score (nSPS) is 10.3. The summed E-state index contributed by atoms with van der Waals surface area (Å²) in [6.07, 6.45) is 0. The predicted octanol–water partition coefficient (Wildman–Crippen LogP) is 4.03. The number of methoxy groups -OCH3 is 1. The molecule has 2 nitrogen and oxygen atoms in total. The third-order valence-electron chi connectivity index (χ3n) is 2.80. The third kappa shape index (κ3) is 2.61. The second-order valence-electron chi connectivity index (χ2n) is 4.13. The van der Waals surface area contributed by atoms with Crippen LogP contribution < -0.4 is 4.74 Å². The lowest BCUT2D eigenvalue weighted by molar-refractivity contribution is 0.103. The number of rotatable bonds is 3. The standard InChI is InChI=1S/C15H12ClFO2/c1-9-6-7-13(19-2)11(8-9)15(18)10-4-3-5-12(17)14(10)16/h3-8H,1-2H3. The quantitative estimate of drug-likeness (QED) is 0.793. The second-order valence-corrected chi connectivity index (χ2v) is 4.51. The Kier molecular flexibility index (Phi) is 3.86. The Labute approximate surface area is 115 Å². The fourth-order valence-electron chi connectivity index (χ4n) is 1.82. The average molecular weight is 279 g/mol. The zero-order chi connectivity index (χ0) is 14.0. The summed E-state index contributed by atoms with van der Waals surface area (Å²) in [5.74, 6) is -0.528. The molecule has 19 heavy (non-hydrogen) atoms. The van der Waals surface area contributed by atoms with Crippen molar-refractivity contribution in [3.63, 3.8) is 0 Å². The maximum absolute atomic E-state index is 13.4. The lowest BCUT2D eigenvalue weighted by Gasteiger charge is -2.10. The smallest absolute Gasteiger partial charge is 0.198 e. The van der Waals surface area contributed by atoms with Gasteiger partial charge in [-0.1, -0.05) is 29.3 Å². The van der Waals surface area contributed by atoms with E-state index in [1.54, 1.807) is 12.1 Å². The van der Waals surface area contributed by atoms with Crippen molar-refractivity contribution < 1.29 is 13.9 Å². The van der Waals surface area contributed by atoms with Gasteiger partial charge in [0, 0.05) is 5.56 Å². The molecule has 0 fully saturated rings. The van der Waals surface area contributed by atoms with Crippen molar-refractivity contribution in [1.29, 1.82) is 0 Å². The highest BCUT2D eigenvalue weighted by Crippen LogP contribution is 2.27. The van der Waals surface area contributed by atoms with Gasteiger partial charge in [0.05, 0.1) is 17.7 Å². The highest BCUT2D eigenvalue weighted by atomic mass is 35.5. The van der Waals surface area contributed by atoms with Gasteiger partial charge in [-0.05, 0) is 31.2 Å². The van der Waals surface area contributed by atoms with Crippen molar-refractivity contribution in [2.24, 2.45) is 0 Å². The highest BCUT2D eigenvalue weighted by molar-refractivity contribution is 6.35. The zero-order valence-electron chi connectivity index (χ0n) is 10.5. The van der Waals surface area contributed by atoms with Gasteiger partial charge >= 0.3 is 0 Å². The van der Waals surface area contributed by atoms with Gasteiger partial charge in [0.25, 0.3) is 0 Å². The van der Waals surface area contributed by atoms with E-state index in [-0.39, 0.29) is 16.4 Å². The van der Waals surface area contributed by atoms with Crippen LogP contribution in [0.1, 0.15) is 21.5 Å². The predicted molar refractivity (Wildman–Crippen MR) is 72.6 cm³/mol. The number of hydrogen-bond acceptors (Lipinski definition) is 2. The summed E-state index contributed by atoms with van der Waals surface area (Å²) < 4.78 is 18.6. The molecule has 0 aromatic heterocycles. The molecule has 4 heteroatoms. The van der Waals surface area contributed by atoms with E-state index in [0.29, 0.717) is 11.3 Å². The van der Waals surface area contributed by atoms with Crippen molar-refractivity contribution in [2.75, 3.05) is 7.11 Å². The van der Waals surface area contributed by atoms with Crippen molar-refractivity contribution in [3.8, 4) is 5.75 Å². The Hall–Kier alpha value is -1.87. The molecule has 0 saturated heterocycles. The van der Waals surface area contributed by atoms with Crippen molar-refractivity contribution >= 4 is 17.4 Å². The summed E-state index contributed by atoms with van der Waals surface area (Å²) in [4.78, 5) is 12.4. The van der Waals surface area contributed by atoms with Crippen LogP contribution in [0.2, 0.25) is 5.02 Å². The molecule has 0 amide bonds. The molecular weight excluding hydrogens is 267 g/mol. The van der Waals surface area contributed by atoms with E-state index < -0.39 is 5.82 Å². The van der Waals surface area contributed by atoms with Crippen molar-refractivity contribution in [2.45, 2.75) is 6.92 Å². The molecule has 0 aliphatic rings. The van der Waals surface area contributed by atoms with Crippen LogP contribution in [0.15, 0.2) is 36.4 Å². The minimum Gasteiger partial charge on any atom is -0.496 e. The number of carbonyl (C=O) groups is 1. The monoisotopic (exact) mass is 278 g/mol. The van der Waals surface area contributed by atoms with Gasteiger partial charge in [-0.3, -0.25) is 4.79 Å². The maximum atomic E-state index is 13.4. The summed E-state index contributed by atoms with van der Waals surface area (Å²) in [5.41, 5.74) is 1.41. The number of aryl methyl sites for hydroxylation is 1. The average Bonchev–Trinajstić information content (AvgIpc) is 2.41. The van der Waals surface area contributed by atoms with Crippen LogP contribution in [0.4, 0.5) is 4.39 Å². The molecule has 0 saturated carbocycles. The molecular formula is C15H12ClFO2. The minimum absolute atomic E-state index is 0.130. The van der Waals surface area contributed by atoms with Crippen LogP contribution in [0.3, 0.4) is 0 Å². The van der Waals surface area contributed by atoms with Crippen LogP contribution >= 0.6 is 11.6 Å². The van der Waals surface area contributed by atoms with E-state index in [1.807, 2.05) is 13.0 Å². The van der Waals surface area contributed by atoms with Gasteiger partial charge in [0.2, 0.25) is 0 Å². The Morgan fingerprint density at radius 3 is 2.63 bits per heavy atom. The van der Waals surface area contributed by atoms with E-state index in [1.165, 1.54) is 25.3 Å². The number of hydrogen-bond donors (Lipinski definition) is 0. The van der Waals surface area contributed by atoms with E-state index in [9.17, 15) is 9.18 Å². The second kappa shape index (κ2) is 5.41. The van der Waals surface area contributed by atoms with Gasteiger partial charge in [0.15, 0.2) is 5.78 Å². The van der Waals surface area contributed by atoms with E-state index in [4.69, 9.17) is 16.3 Å². The van der Waals surface area contributed by atoms with Gasteiger partial charge in [-0.2, -0.15) is 0 Å². The van der Waals surface area contributed by atoms with Crippen LogP contribution in [-0.2, 0) is 0 Å². The number of ketones is 1. The third-order valence-corrected chi connectivity index (χ3v) is 3.18. The molecule has 2 rings (SSSR count). The molecule has 0 heterocycles. The molecule has 0 aliphatic heterocycles. The van der Waals surface area contributed by atoms with Gasteiger partial charge in [-0.25, -0.2) is 4.39 Å². The highest BCUT2D eigenvalue weighted by Gasteiger charge is 2.19. The first kappa shape index (κ1) is 13.6. The molecule has 0 unspecified atom stereocenters. The van der Waals surface area contributed by atoms with E-state index >= 15 is 0 Å². The molecule has 0 spiro atoms. The molecule has 0 bridgehead atoms. The minimum atomic E-state index is -0.612. The molecule has 98 valence electrons. The molecule has 0 N–H and O–H groups in total. The molecule has 2 aromatic rings. The van der Waals surface area contributed by atoms with Crippen molar-refractivity contribution in [1.82, 2.24) is 0 Å². The fourth-order valence-corrected chi connectivity index (χ4v) is 2.04. The number of benzene rings is 2. The van der Waals surface area contributed by atoms with Crippen LogP contribution in [-0.4, -0.2) is 12.9 Å². The van der Waals surface area contributed by atoms with Gasteiger partial charge < -0.3 is 4.74 Å². The summed E-state index contributed by atoms with van der Waals surface area (Å²) in [6.45, 7) is 1.86. The molecule has 0 aliphatic carbocycles. The number of ether oxygens (including phenoxy) is 1. The molecule has 0 atom stereocenters. The van der Waals surface area contributed by atoms with Crippen LogP contribution in [0.25, 0.3) is 0 Å². The molecule has 0 radical (unpaired) electrons. The van der Waals surface area contributed by atoms with Crippen LogP contribution in [0.5, 0.6) is 5.75 Å². The largest absolute Gasteiger partial charge is 0.496 e. The summed E-state index contributed by atoms with van der Waals surface area (Å²) in [6, 6.07) is 9.40. The van der Waals surface area contributed by atoms with Crippen molar-refractivity contribution in [3.05, 3.63) is 63.9 Å².